The largest absolute Gasteiger partial charge is 0.380 e. The fourth-order valence-corrected chi connectivity index (χ4v) is 3.99. The van der Waals surface area contributed by atoms with Crippen molar-refractivity contribution in [3.63, 3.8) is 0 Å². The molecule has 1 aliphatic heterocycles. The topological polar surface area (TPSA) is 41.5 Å². The molecular weight excluding hydrogens is 521 g/mol. The average molecular weight is 565 g/mol. The van der Waals surface area contributed by atoms with Crippen LogP contribution in [-0.2, 0) is 24.1 Å². The Morgan fingerprint density at radius 1 is 0.976 bits per heavy atom. The molecule has 0 fully saturated rings. The molecule has 0 radical (unpaired) electrons. The van der Waals surface area contributed by atoms with Gasteiger partial charge in [-0.2, -0.15) is 0 Å². The molecule has 1 unspecified atom stereocenters. The molecule has 0 aliphatic carbocycles. The lowest BCUT2D eigenvalue weighted by molar-refractivity contribution is -0.109. The number of hydrogen-bond donors (Lipinski definition) is 1. The van der Waals surface area contributed by atoms with E-state index in [0.717, 1.165) is 41.5 Å². The maximum atomic E-state index is 13.9. The second-order valence-electron chi connectivity index (χ2n) is 11.8. The first-order chi connectivity index (χ1) is 19.2. The van der Waals surface area contributed by atoms with Gasteiger partial charge in [-0.05, 0) is 47.4 Å². The number of carbonyl (C=O) groups excluding carboxylic acids is 1. The Balaban J connectivity index is 0.000000351. The summed E-state index contributed by atoms with van der Waals surface area (Å²) in [5.41, 5.74) is 6.38. The molecule has 0 bridgehead atoms. The van der Waals surface area contributed by atoms with Crippen LogP contribution in [0.2, 0.25) is 0 Å². The molecule has 3 aromatic carbocycles. The molecule has 4 rings (SSSR count). The lowest BCUT2D eigenvalue weighted by Crippen LogP contribution is -2.27. The van der Waals surface area contributed by atoms with Crippen molar-refractivity contribution < 1.29 is 18.0 Å². The Morgan fingerprint density at radius 3 is 2.12 bits per heavy atom. The number of aliphatic imine (C=N–C) groups is 1. The molecule has 0 saturated heterocycles. The minimum atomic E-state index is -1.20. The summed E-state index contributed by atoms with van der Waals surface area (Å²) < 4.78 is 41.2. The summed E-state index contributed by atoms with van der Waals surface area (Å²) in [5, 5.41) is 2.92. The fourth-order valence-electron chi connectivity index (χ4n) is 3.99. The van der Waals surface area contributed by atoms with Crippen molar-refractivity contribution >= 4 is 17.7 Å². The number of carbonyl (C=O) groups is 1. The Bertz CT molecular complexity index is 1350. The van der Waals surface area contributed by atoms with Gasteiger partial charge in [0.15, 0.2) is 11.6 Å². The SMILES string of the molecule is C=C(C)NC(C=O)CC.CC(C)(C)C.CCc1ccc(-c2cccc(CC3=Nc4c(F)c(F)cc(F)c4C3)c2)cc1. The third kappa shape index (κ3) is 11.0. The molecule has 0 saturated carbocycles. The van der Waals surface area contributed by atoms with Crippen molar-refractivity contribution in [2.45, 2.75) is 80.2 Å². The third-order valence-corrected chi connectivity index (χ3v) is 5.96. The minimum absolute atomic E-state index is 0.0532. The Morgan fingerprint density at radius 2 is 1.61 bits per heavy atom. The summed E-state index contributed by atoms with van der Waals surface area (Å²) in [6.07, 6.45) is 3.38. The van der Waals surface area contributed by atoms with E-state index in [-0.39, 0.29) is 23.7 Å². The van der Waals surface area contributed by atoms with Gasteiger partial charge in [-0.1, -0.05) is 96.7 Å². The summed E-state index contributed by atoms with van der Waals surface area (Å²) in [6, 6.07) is 17.0. The number of aryl methyl sites for hydroxylation is 1. The van der Waals surface area contributed by atoms with E-state index in [1.807, 2.05) is 32.0 Å². The van der Waals surface area contributed by atoms with Crippen molar-refractivity contribution in [1.82, 2.24) is 5.32 Å². The second kappa shape index (κ2) is 15.4. The van der Waals surface area contributed by atoms with E-state index < -0.39 is 17.5 Å². The zero-order chi connectivity index (χ0) is 30.7. The van der Waals surface area contributed by atoms with Gasteiger partial charge >= 0.3 is 0 Å². The summed E-state index contributed by atoms with van der Waals surface area (Å²) in [7, 11) is 0. The number of benzene rings is 3. The predicted octanol–water partition coefficient (Wildman–Crippen LogP) is 9.34. The maximum Gasteiger partial charge on any atom is 0.184 e. The Kier molecular flexibility index (Phi) is 12.6. The molecule has 1 N–H and O–H groups in total. The molecule has 3 nitrogen and oxygen atoms in total. The van der Waals surface area contributed by atoms with Crippen molar-refractivity contribution in [2.24, 2.45) is 10.4 Å². The highest BCUT2D eigenvalue weighted by Crippen LogP contribution is 2.34. The molecule has 3 aromatic rings. The number of aldehydes is 1. The Labute approximate surface area is 243 Å². The zero-order valence-corrected chi connectivity index (χ0v) is 25.4. The van der Waals surface area contributed by atoms with E-state index >= 15 is 0 Å². The van der Waals surface area contributed by atoms with Crippen LogP contribution in [0, 0.1) is 22.9 Å². The van der Waals surface area contributed by atoms with Crippen LogP contribution in [0.25, 0.3) is 11.1 Å². The predicted molar refractivity (Wildman–Crippen MR) is 165 cm³/mol. The minimum Gasteiger partial charge on any atom is -0.380 e. The summed E-state index contributed by atoms with van der Waals surface area (Å²) in [4.78, 5) is 14.3. The highest BCUT2D eigenvalue weighted by Gasteiger charge is 2.25. The zero-order valence-electron chi connectivity index (χ0n) is 25.4. The van der Waals surface area contributed by atoms with Crippen molar-refractivity contribution in [1.29, 1.82) is 0 Å². The standard InChI is InChI=1S/C23H18F3N.C7H13NO.C5H12/c1-2-14-6-8-16(9-7-14)17-5-3-4-15(10-17)11-18-12-19-20(24)13-21(25)22(26)23(19)27-18;1-4-7(5-9)8-6(2)3;1-5(2,3)4/h3-10,13H,2,11-12H2,1H3;5,7-8H,2,4H2,1,3H3;1-4H3. The number of hydrogen-bond acceptors (Lipinski definition) is 3. The lowest BCUT2D eigenvalue weighted by atomic mass is 9.98. The van der Waals surface area contributed by atoms with E-state index in [0.29, 0.717) is 23.6 Å². The number of halogens is 3. The van der Waals surface area contributed by atoms with Gasteiger partial charge in [0.2, 0.25) is 0 Å². The number of allylic oxidation sites excluding steroid dienone is 1. The van der Waals surface area contributed by atoms with Crippen LogP contribution in [0.15, 0.2) is 71.9 Å². The van der Waals surface area contributed by atoms with Gasteiger partial charge < -0.3 is 10.1 Å². The first-order valence-electron chi connectivity index (χ1n) is 14.0. The molecule has 6 heteroatoms. The molecule has 1 heterocycles. The molecule has 0 amide bonds. The van der Waals surface area contributed by atoms with Gasteiger partial charge in [-0.25, -0.2) is 13.2 Å². The number of rotatable bonds is 8. The van der Waals surface area contributed by atoms with E-state index in [4.69, 9.17) is 0 Å². The van der Waals surface area contributed by atoms with Gasteiger partial charge in [0.1, 0.15) is 17.8 Å². The van der Waals surface area contributed by atoms with Crippen LogP contribution in [-0.4, -0.2) is 18.0 Å². The van der Waals surface area contributed by atoms with Gasteiger partial charge in [0.25, 0.3) is 0 Å². The monoisotopic (exact) mass is 564 g/mol. The van der Waals surface area contributed by atoms with Crippen molar-refractivity contribution in [3.8, 4) is 11.1 Å². The molecule has 220 valence electrons. The van der Waals surface area contributed by atoms with Crippen LogP contribution in [0.4, 0.5) is 18.9 Å². The van der Waals surface area contributed by atoms with Crippen LogP contribution in [0.5, 0.6) is 0 Å². The third-order valence-electron chi connectivity index (χ3n) is 5.96. The van der Waals surface area contributed by atoms with Crippen molar-refractivity contribution in [2.75, 3.05) is 0 Å². The van der Waals surface area contributed by atoms with Crippen molar-refractivity contribution in [3.05, 3.63) is 101 Å². The number of fused-ring (bicyclic) bond motifs is 1. The summed E-state index contributed by atoms with van der Waals surface area (Å²) in [6.45, 7) is 18.3. The quantitative estimate of drug-likeness (QED) is 0.219. The first-order valence-corrected chi connectivity index (χ1v) is 14.0. The number of nitrogens with zero attached hydrogens (tertiary/aromatic N) is 1. The normalized spacial score (nSPS) is 12.6. The van der Waals surface area contributed by atoms with E-state index in [1.165, 1.54) is 5.56 Å². The average Bonchev–Trinajstić information content (AvgIpc) is 3.34. The van der Waals surface area contributed by atoms with Gasteiger partial charge in [0, 0.05) is 35.9 Å². The first kappa shape index (κ1) is 33.5. The fraction of sp³-hybridized carbons (Fsp3) is 0.371. The van der Waals surface area contributed by atoms with E-state index in [2.05, 4.69) is 81.8 Å². The molecular formula is C35H43F3N2O. The Hall–Kier alpha value is -3.67. The molecule has 41 heavy (non-hydrogen) atoms. The van der Waals surface area contributed by atoms with Gasteiger partial charge in [0.05, 0.1) is 6.04 Å². The second-order valence-corrected chi connectivity index (χ2v) is 11.8. The van der Waals surface area contributed by atoms with Gasteiger partial charge in [-0.3, -0.25) is 4.99 Å². The van der Waals surface area contributed by atoms with Crippen LogP contribution >= 0.6 is 0 Å². The maximum absolute atomic E-state index is 13.9. The van der Waals surface area contributed by atoms with Crippen LogP contribution in [0.1, 0.15) is 71.6 Å². The van der Waals surface area contributed by atoms with Crippen LogP contribution in [0.3, 0.4) is 0 Å². The highest BCUT2D eigenvalue weighted by molar-refractivity contribution is 5.95. The van der Waals surface area contributed by atoms with E-state index in [9.17, 15) is 18.0 Å². The molecule has 1 aliphatic rings. The lowest BCUT2D eigenvalue weighted by Gasteiger charge is -2.09. The molecule has 0 spiro atoms. The smallest absolute Gasteiger partial charge is 0.184 e. The molecule has 1 atom stereocenters. The van der Waals surface area contributed by atoms with Gasteiger partial charge in [-0.15, -0.1) is 0 Å². The summed E-state index contributed by atoms with van der Waals surface area (Å²) in [5.74, 6) is -3.02. The van der Waals surface area contributed by atoms with Crippen LogP contribution < -0.4 is 5.32 Å². The summed E-state index contributed by atoms with van der Waals surface area (Å²) >= 11 is 0. The number of nitrogens with one attached hydrogen (secondary N) is 1. The van der Waals surface area contributed by atoms with E-state index in [1.54, 1.807) is 0 Å². The molecule has 0 aromatic heterocycles. The highest BCUT2D eigenvalue weighted by atomic mass is 19.2.